The second-order valence-corrected chi connectivity index (χ2v) is 4.69. The zero-order valence-electron chi connectivity index (χ0n) is 12.1. The van der Waals surface area contributed by atoms with Crippen LogP contribution in [0.15, 0.2) is 17.2 Å². The number of nitrogens with one attached hydrogen (secondary N) is 2. The molecule has 0 aliphatic heterocycles. The fourth-order valence-electron chi connectivity index (χ4n) is 1.99. The first-order valence-corrected chi connectivity index (χ1v) is 6.80. The van der Waals surface area contributed by atoms with E-state index in [1.165, 1.54) is 6.39 Å². The van der Waals surface area contributed by atoms with E-state index in [9.17, 15) is 0 Å². The summed E-state index contributed by atoms with van der Waals surface area (Å²) in [5.41, 5.74) is 1.10. The van der Waals surface area contributed by atoms with Crippen LogP contribution in [0.2, 0.25) is 0 Å². The maximum atomic E-state index is 4.71. The van der Waals surface area contributed by atoms with E-state index < -0.39 is 0 Å². The van der Waals surface area contributed by atoms with Gasteiger partial charge < -0.3 is 15.2 Å². The van der Waals surface area contributed by atoms with E-state index in [0.717, 1.165) is 23.7 Å². The average molecular weight is 276 g/mol. The van der Waals surface area contributed by atoms with Gasteiger partial charge in [-0.2, -0.15) is 4.98 Å². The highest BCUT2D eigenvalue weighted by molar-refractivity contribution is 5.58. The van der Waals surface area contributed by atoms with Crippen LogP contribution in [0, 0.1) is 0 Å². The number of rotatable bonds is 7. The van der Waals surface area contributed by atoms with Crippen molar-refractivity contribution in [2.24, 2.45) is 0 Å². The Balaban J connectivity index is 2.07. The van der Waals surface area contributed by atoms with Crippen molar-refractivity contribution in [3.8, 4) is 0 Å². The molecule has 7 nitrogen and oxygen atoms in total. The highest BCUT2D eigenvalue weighted by atomic mass is 16.5. The molecule has 0 bridgehead atoms. The Bertz CT molecular complexity index is 526. The van der Waals surface area contributed by atoms with Crippen LogP contribution in [0.4, 0.5) is 11.6 Å². The van der Waals surface area contributed by atoms with Crippen molar-refractivity contribution in [1.82, 2.24) is 20.1 Å². The van der Waals surface area contributed by atoms with Gasteiger partial charge in [-0.3, -0.25) is 0 Å². The number of nitrogens with zero attached hydrogens (tertiary/aromatic N) is 4. The Morgan fingerprint density at radius 3 is 2.50 bits per heavy atom. The number of anilines is 2. The lowest BCUT2D eigenvalue weighted by Crippen LogP contribution is -2.13. The highest BCUT2D eigenvalue weighted by Gasteiger charge is 2.14. The molecule has 0 atom stereocenters. The maximum Gasteiger partial charge on any atom is 0.213 e. The first kappa shape index (κ1) is 14.2. The van der Waals surface area contributed by atoms with Crippen LogP contribution in [-0.4, -0.2) is 33.2 Å². The van der Waals surface area contributed by atoms with Crippen LogP contribution in [0.25, 0.3) is 0 Å². The molecular formula is C13H20N6O. The molecule has 108 valence electrons. The van der Waals surface area contributed by atoms with Gasteiger partial charge in [0.1, 0.15) is 18.0 Å². The molecule has 2 aromatic heterocycles. The molecule has 20 heavy (non-hydrogen) atoms. The fraction of sp³-hybridized carbons (Fsp3) is 0.538. The van der Waals surface area contributed by atoms with Crippen molar-refractivity contribution in [3.05, 3.63) is 24.1 Å². The molecule has 0 spiro atoms. The van der Waals surface area contributed by atoms with Crippen LogP contribution in [0.5, 0.6) is 0 Å². The van der Waals surface area contributed by atoms with Gasteiger partial charge in [-0.05, 0) is 12.8 Å². The highest BCUT2D eigenvalue weighted by Crippen LogP contribution is 2.28. The predicted molar refractivity (Wildman–Crippen MR) is 76.8 cm³/mol. The molecule has 0 amide bonds. The molecular weight excluding hydrogens is 256 g/mol. The molecule has 7 heteroatoms. The lowest BCUT2D eigenvalue weighted by Gasteiger charge is -2.17. The first-order valence-electron chi connectivity index (χ1n) is 6.80. The molecule has 0 radical (unpaired) electrons. The topological polar surface area (TPSA) is 88.8 Å². The number of aromatic nitrogens is 4. The van der Waals surface area contributed by atoms with Gasteiger partial charge >= 0.3 is 0 Å². The minimum atomic E-state index is 0.331. The van der Waals surface area contributed by atoms with E-state index in [0.29, 0.717) is 24.7 Å². The van der Waals surface area contributed by atoms with Crippen LogP contribution in [-0.2, 0) is 6.42 Å². The Labute approximate surface area is 118 Å². The minimum absolute atomic E-state index is 0.331. The van der Waals surface area contributed by atoms with E-state index in [4.69, 9.17) is 4.52 Å². The monoisotopic (exact) mass is 276 g/mol. The molecule has 0 saturated heterocycles. The summed E-state index contributed by atoms with van der Waals surface area (Å²) in [7, 11) is 0. The van der Waals surface area contributed by atoms with Crippen LogP contribution in [0.1, 0.15) is 38.1 Å². The smallest absolute Gasteiger partial charge is 0.213 e. The average Bonchev–Trinajstić information content (AvgIpc) is 2.92. The molecule has 0 saturated carbocycles. The summed E-state index contributed by atoms with van der Waals surface area (Å²) in [6.07, 6.45) is 3.60. The Morgan fingerprint density at radius 2 is 1.90 bits per heavy atom. The third-order valence-corrected chi connectivity index (χ3v) is 2.85. The van der Waals surface area contributed by atoms with Crippen molar-refractivity contribution in [2.45, 2.75) is 33.1 Å². The third kappa shape index (κ3) is 3.43. The van der Waals surface area contributed by atoms with Gasteiger partial charge in [-0.1, -0.05) is 19.0 Å². The van der Waals surface area contributed by atoms with Crippen LogP contribution < -0.4 is 10.6 Å². The SMILES string of the molecule is CCNc1ncnc(NCCc2ncon2)c1C(C)C. The van der Waals surface area contributed by atoms with Crippen LogP contribution >= 0.6 is 0 Å². The van der Waals surface area contributed by atoms with E-state index in [2.05, 4.69) is 51.5 Å². The second-order valence-electron chi connectivity index (χ2n) is 4.69. The van der Waals surface area contributed by atoms with Gasteiger partial charge in [0.05, 0.1) is 0 Å². The summed E-state index contributed by atoms with van der Waals surface area (Å²) >= 11 is 0. The molecule has 0 aromatic carbocycles. The van der Waals surface area contributed by atoms with Gasteiger partial charge in [0.25, 0.3) is 0 Å². The third-order valence-electron chi connectivity index (χ3n) is 2.85. The van der Waals surface area contributed by atoms with Gasteiger partial charge in [-0.15, -0.1) is 0 Å². The summed E-state index contributed by atoms with van der Waals surface area (Å²) in [6.45, 7) is 7.84. The van der Waals surface area contributed by atoms with Crippen molar-refractivity contribution in [3.63, 3.8) is 0 Å². The summed E-state index contributed by atoms with van der Waals surface area (Å²) in [4.78, 5) is 12.6. The summed E-state index contributed by atoms with van der Waals surface area (Å²) in [6, 6.07) is 0. The minimum Gasteiger partial charge on any atom is -0.370 e. The zero-order chi connectivity index (χ0) is 14.4. The second kappa shape index (κ2) is 6.83. The quantitative estimate of drug-likeness (QED) is 0.800. The summed E-state index contributed by atoms with van der Waals surface area (Å²) < 4.78 is 4.71. The fourth-order valence-corrected chi connectivity index (χ4v) is 1.99. The zero-order valence-corrected chi connectivity index (χ0v) is 12.1. The Kier molecular flexibility index (Phi) is 4.86. The summed E-state index contributed by atoms with van der Waals surface area (Å²) in [5, 5.41) is 10.4. The molecule has 0 aliphatic rings. The largest absolute Gasteiger partial charge is 0.370 e. The van der Waals surface area contributed by atoms with Crippen molar-refractivity contribution in [2.75, 3.05) is 23.7 Å². The maximum absolute atomic E-state index is 4.71. The Hall–Kier alpha value is -2.18. The van der Waals surface area contributed by atoms with E-state index >= 15 is 0 Å². The molecule has 0 unspecified atom stereocenters. The lowest BCUT2D eigenvalue weighted by atomic mass is 10.0. The van der Waals surface area contributed by atoms with Gasteiger partial charge in [-0.25, -0.2) is 9.97 Å². The first-order chi connectivity index (χ1) is 9.72. The molecule has 2 aromatic rings. The van der Waals surface area contributed by atoms with E-state index in [1.807, 2.05) is 0 Å². The van der Waals surface area contributed by atoms with Crippen molar-refractivity contribution in [1.29, 1.82) is 0 Å². The standard InChI is InChI=1S/C13H20N6O/c1-4-14-12-11(9(2)3)13(17-7-16-12)15-6-5-10-18-8-20-19-10/h7-9H,4-6H2,1-3H3,(H2,14,15,16,17). The Morgan fingerprint density at radius 1 is 1.15 bits per heavy atom. The van der Waals surface area contributed by atoms with Gasteiger partial charge in [0.15, 0.2) is 5.82 Å². The lowest BCUT2D eigenvalue weighted by molar-refractivity contribution is 0.410. The van der Waals surface area contributed by atoms with Gasteiger partial charge in [0, 0.05) is 25.1 Å². The number of hydrogen-bond donors (Lipinski definition) is 2. The predicted octanol–water partition coefficient (Wildman–Crippen LogP) is 2.07. The molecule has 2 rings (SSSR count). The van der Waals surface area contributed by atoms with Gasteiger partial charge in [0.2, 0.25) is 6.39 Å². The van der Waals surface area contributed by atoms with Crippen molar-refractivity contribution >= 4 is 11.6 Å². The van der Waals surface area contributed by atoms with E-state index in [-0.39, 0.29) is 0 Å². The molecule has 0 fully saturated rings. The van der Waals surface area contributed by atoms with Crippen molar-refractivity contribution < 1.29 is 4.52 Å². The molecule has 2 N–H and O–H groups in total. The number of hydrogen-bond acceptors (Lipinski definition) is 7. The summed E-state index contributed by atoms with van der Waals surface area (Å²) in [5.74, 6) is 2.76. The molecule has 0 aliphatic carbocycles. The normalized spacial score (nSPS) is 10.8. The van der Waals surface area contributed by atoms with Crippen LogP contribution in [0.3, 0.4) is 0 Å². The van der Waals surface area contributed by atoms with E-state index in [1.54, 1.807) is 6.33 Å². The molecule has 2 heterocycles.